The lowest BCUT2D eigenvalue weighted by molar-refractivity contribution is 0.0561. The molecule has 0 aliphatic carbocycles. The van der Waals surface area contributed by atoms with Crippen molar-refractivity contribution >= 4 is 29.1 Å². The average molecular weight is 420 g/mol. The highest BCUT2D eigenvalue weighted by molar-refractivity contribution is 6.36. The maximum atomic E-state index is 13.1. The summed E-state index contributed by atoms with van der Waals surface area (Å²) in [5, 5.41) is 4.77. The lowest BCUT2D eigenvalue weighted by Gasteiger charge is -2.33. The van der Waals surface area contributed by atoms with Gasteiger partial charge in [0.15, 0.2) is 0 Å². The van der Waals surface area contributed by atoms with Crippen molar-refractivity contribution in [2.45, 2.75) is 25.3 Å². The Morgan fingerprint density at radius 2 is 1.93 bits per heavy atom. The molecule has 0 N–H and O–H groups in total. The zero-order chi connectivity index (χ0) is 19.7. The van der Waals surface area contributed by atoms with Gasteiger partial charge in [0.05, 0.1) is 10.6 Å². The third-order valence-electron chi connectivity index (χ3n) is 4.75. The minimum atomic E-state index is -0.338. The van der Waals surface area contributed by atoms with E-state index in [-0.39, 0.29) is 17.8 Å². The first kappa shape index (κ1) is 18.9. The highest BCUT2D eigenvalue weighted by Gasteiger charge is 2.33. The molecule has 5 nitrogen and oxygen atoms in total. The number of hydrogen-bond acceptors (Lipinski definition) is 4. The van der Waals surface area contributed by atoms with E-state index in [9.17, 15) is 9.18 Å². The predicted molar refractivity (Wildman–Crippen MR) is 104 cm³/mol. The Morgan fingerprint density at radius 1 is 1.14 bits per heavy atom. The second-order valence-corrected chi connectivity index (χ2v) is 7.44. The van der Waals surface area contributed by atoms with E-state index in [0.29, 0.717) is 45.9 Å². The van der Waals surface area contributed by atoms with Crippen LogP contribution in [0.1, 0.15) is 41.6 Å². The van der Waals surface area contributed by atoms with Gasteiger partial charge in [-0.1, -0.05) is 28.4 Å². The quantitative estimate of drug-likeness (QED) is 0.558. The van der Waals surface area contributed by atoms with Crippen molar-refractivity contribution < 1.29 is 13.7 Å². The van der Waals surface area contributed by atoms with Gasteiger partial charge in [0.2, 0.25) is 11.7 Å². The number of piperidine rings is 1. The summed E-state index contributed by atoms with van der Waals surface area (Å²) >= 11 is 12.2. The van der Waals surface area contributed by atoms with Gasteiger partial charge in [0, 0.05) is 17.1 Å². The fourth-order valence-corrected chi connectivity index (χ4v) is 3.83. The number of carbonyl (C=O) groups excluding carboxylic acids is 1. The normalized spacial score (nSPS) is 17.0. The van der Waals surface area contributed by atoms with Crippen molar-refractivity contribution in [2.75, 3.05) is 6.54 Å². The number of hydrogen-bond donors (Lipinski definition) is 0. The monoisotopic (exact) mass is 419 g/mol. The molecule has 1 aromatic heterocycles. The average Bonchev–Trinajstić information content (AvgIpc) is 3.18. The van der Waals surface area contributed by atoms with Gasteiger partial charge >= 0.3 is 0 Å². The van der Waals surface area contributed by atoms with Crippen molar-refractivity contribution in [3.8, 4) is 11.4 Å². The first-order valence-electron chi connectivity index (χ1n) is 8.88. The molecule has 0 radical (unpaired) electrons. The zero-order valence-corrected chi connectivity index (χ0v) is 16.3. The van der Waals surface area contributed by atoms with E-state index >= 15 is 0 Å². The summed E-state index contributed by atoms with van der Waals surface area (Å²) in [6.45, 7) is 0.566. The minimum Gasteiger partial charge on any atom is -0.337 e. The molecule has 0 bridgehead atoms. The number of rotatable bonds is 3. The molecule has 1 unspecified atom stereocenters. The molecule has 1 saturated heterocycles. The number of carbonyl (C=O) groups is 1. The summed E-state index contributed by atoms with van der Waals surface area (Å²) in [4.78, 5) is 19.3. The van der Waals surface area contributed by atoms with Gasteiger partial charge in [-0.25, -0.2) is 4.39 Å². The lowest BCUT2D eigenvalue weighted by Crippen LogP contribution is -2.38. The first-order valence-corrected chi connectivity index (χ1v) is 9.64. The Kier molecular flexibility index (Phi) is 5.33. The van der Waals surface area contributed by atoms with E-state index in [1.165, 1.54) is 12.1 Å². The fraction of sp³-hybridized carbons (Fsp3) is 0.250. The Hall–Kier alpha value is -2.44. The Bertz CT molecular complexity index is 1010. The van der Waals surface area contributed by atoms with E-state index in [0.717, 1.165) is 12.8 Å². The van der Waals surface area contributed by atoms with Crippen LogP contribution in [0.25, 0.3) is 11.4 Å². The van der Waals surface area contributed by atoms with E-state index < -0.39 is 0 Å². The third-order valence-corrected chi connectivity index (χ3v) is 5.30. The molecular weight excluding hydrogens is 404 g/mol. The molecule has 8 heteroatoms. The summed E-state index contributed by atoms with van der Waals surface area (Å²) in [6.07, 6.45) is 2.53. The molecule has 1 fully saturated rings. The fourth-order valence-electron chi connectivity index (χ4n) is 3.34. The van der Waals surface area contributed by atoms with Gasteiger partial charge < -0.3 is 9.42 Å². The van der Waals surface area contributed by atoms with Crippen LogP contribution in [0.2, 0.25) is 10.0 Å². The molecule has 2 aromatic carbocycles. The molecular formula is C20H16Cl2FN3O2. The van der Waals surface area contributed by atoms with Gasteiger partial charge in [-0.05, 0) is 61.7 Å². The van der Waals surface area contributed by atoms with Crippen LogP contribution in [-0.4, -0.2) is 27.5 Å². The van der Waals surface area contributed by atoms with Crippen LogP contribution < -0.4 is 0 Å². The van der Waals surface area contributed by atoms with Crippen LogP contribution in [0.4, 0.5) is 4.39 Å². The highest BCUT2D eigenvalue weighted by Crippen LogP contribution is 2.33. The number of halogens is 3. The van der Waals surface area contributed by atoms with Crippen molar-refractivity contribution in [1.29, 1.82) is 0 Å². The highest BCUT2D eigenvalue weighted by atomic mass is 35.5. The molecule has 28 heavy (non-hydrogen) atoms. The summed E-state index contributed by atoms with van der Waals surface area (Å²) in [5.41, 5.74) is 1.03. The summed E-state index contributed by atoms with van der Waals surface area (Å²) in [5.74, 6) is 0.180. The van der Waals surface area contributed by atoms with Gasteiger partial charge in [-0.2, -0.15) is 4.98 Å². The van der Waals surface area contributed by atoms with Crippen LogP contribution in [0.3, 0.4) is 0 Å². The zero-order valence-electron chi connectivity index (χ0n) is 14.7. The van der Waals surface area contributed by atoms with Crippen LogP contribution in [0.15, 0.2) is 47.0 Å². The van der Waals surface area contributed by atoms with E-state index in [1.54, 1.807) is 35.2 Å². The van der Waals surface area contributed by atoms with E-state index in [4.69, 9.17) is 27.7 Å². The van der Waals surface area contributed by atoms with Crippen LogP contribution in [-0.2, 0) is 0 Å². The summed E-state index contributed by atoms with van der Waals surface area (Å²) < 4.78 is 18.6. The predicted octanol–water partition coefficient (Wildman–Crippen LogP) is 5.55. The first-order chi connectivity index (χ1) is 13.5. The third kappa shape index (κ3) is 3.75. The Balaban J connectivity index is 1.62. The Morgan fingerprint density at radius 3 is 2.68 bits per heavy atom. The molecule has 144 valence electrons. The second-order valence-electron chi connectivity index (χ2n) is 6.60. The largest absolute Gasteiger partial charge is 0.337 e. The van der Waals surface area contributed by atoms with Crippen LogP contribution >= 0.6 is 23.2 Å². The smallest absolute Gasteiger partial charge is 0.256 e. The maximum absolute atomic E-state index is 13.1. The number of likely N-dealkylation sites (tertiary alicyclic amines) is 1. The lowest BCUT2D eigenvalue weighted by atomic mass is 10.0. The Labute approximate surface area is 171 Å². The maximum Gasteiger partial charge on any atom is 0.256 e. The standard InChI is InChI=1S/C20H16Cl2FN3O2/c21-13-6-9-15(16(22)11-13)20(27)26-10-2-1-3-17(26)19-24-18(25-28-19)12-4-7-14(23)8-5-12/h4-9,11,17H,1-3,10H2. The van der Waals surface area contributed by atoms with Crippen LogP contribution in [0, 0.1) is 5.82 Å². The molecule has 1 amide bonds. The van der Waals surface area contributed by atoms with Crippen molar-refractivity contribution in [3.63, 3.8) is 0 Å². The minimum absolute atomic E-state index is 0.201. The molecule has 4 rings (SSSR count). The van der Waals surface area contributed by atoms with Crippen molar-refractivity contribution in [1.82, 2.24) is 15.0 Å². The van der Waals surface area contributed by atoms with Gasteiger partial charge in [0.1, 0.15) is 11.9 Å². The van der Waals surface area contributed by atoms with Gasteiger partial charge in [-0.15, -0.1) is 0 Å². The number of benzene rings is 2. The van der Waals surface area contributed by atoms with Gasteiger partial charge in [0.25, 0.3) is 5.91 Å². The van der Waals surface area contributed by atoms with E-state index in [1.807, 2.05) is 0 Å². The topological polar surface area (TPSA) is 59.2 Å². The van der Waals surface area contributed by atoms with Gasteiger partial charge in [-0.3, -0.25) is 4.79 Å². The summed E-state index contributed by atoms with van der Waals surface area (Å²) in [6, 6.07) is 10.3. The SMILES string of the molecule is O=C(c1ccc(Cl)cc1Cl)N1CCCCC1c1nc(-c2ccc(F)cc2)no1. The van der Waals surface area contributed by atoms with E-state index in [2.05, 4.69) is 10.1 Å². The number of amides is 1. The van der Waals surface area contributed by atoms with Crippen molar-refractivity contribution in [3.05, 3.63) is 69.8 Å². The van der Waals surface area contributed by atoms with Crippen molar-refractivity contribution in [2.24, 2.45) is 0 Å². The number of nitrogens with zero attached hydrogens (tertiary/aromatic N) is 3. The molecule has 2 heterocycles. The summed E-state index contributed by atoms with van der Waals surface area (Å²) in [7, 11) is 0. The molecule has 0 saturated carbocycles. The molecule has 1 atom stereocenters. The molecule has 1 aliphatic rings. The molecule has 0 spiro atoms. The number of aromatic nitrogens is 2. The van der Waals surface area contributed by atoms with Crippen LogP contribution in [0.5, 0.6) is 0 Å². The molecule has 1 aliphatic heterocycles. The molecule has 3 aromatic rings. The second kappa shape index (κ2) is 7.89.